The van der Waals surface area contributed by atoms with E-state index >= 15 is 0 Å². The Kier molecular flexibility index (Phi) is 6.87. The molecular formula is C17H24Br2O2. The molecule has 4 heteroatoms. The van der Waals surface area contributed by atoms with Gasteiger partial charge in [-0.1, -0.05) is 54.5 Å². The molecule has 1 aliphatic carbocycles. The van der Waals surface area contributed by atoms with Gasteiger partial charge in [0.05, 0.1) is 18.7 Å². The van der Waals surface area contributed by atoms with Crippen LogP contribution in [0.15, 0.2) is 16.6 Å². The van der Waals surface area contributed by atoms with Gasteiger partial charge in [0.15, 0.2) is 0 Å². The van der Waals surface area contributed by atoms with Gasteiger partial charge < -0.3 is 9.47 Å². The second kappa shape index (κ2) is 8.42. The van der Waals surface area contributed by atoms with E-state index in [1.165, 1.54) is 50.5 Å². The highest BCUT2D eigenvalue weighted by atomic mass is 79.9. The molecular weight excluding hydrogens is 396 g/mol. The Labute approximate surface area is 144 Å². The van der Waals surface area contributed by atoms with Crippen LogP contribution in [0.3, 0.4) is 0 Å². The standard InChI is InChI=1S/C17H24Br2O2/c1-20-16-11-15(19)17(21-2)10-13(16)14(18)9-12-7-5-3-4-6-8-12/h10-12,14H,3-9H2,1-2H3. The van der Waals surface area contributed by atoms with E-state index in [2.05, 4.69) is 37.9 Å². The maximum atomic E-state index is 5.55. The molecule has 1 unspecified atom stereocenters. The van der Waals surface area contributed by atoms with Gasteiger partial charge in [-0.2, -0.15) is 0 Å². The largest absolute Gasteiger partial charge is 0.496 e. The molecule has 0 spiro atoms. The summed E-state index contributed by atoms with van der Waals surface area (Å²) in [7, 11) is 3.42. The molecule has 1 aromatic carbocycles. The zero-order valence-electron chi connectivity index (χ0n) is 12.8. The Morgan fingerprint density at radius 1 is 1.05 bits per heavy atom. The van der Waals surface area contributed by atoms with Crippen LogP contribution in [-0.4, -0.2) is 14.2 Å². The summed E-state index contributed by atoms with van der Waals surface area (Å²) in [6, 6.07) is 4.08. The van der Waals surface area contributed by atoms with Crippen LogP contribution in [0.2, 0.25) is 0 Å². The molecule has 1 fully saturated rings. The first-order valence-corrected chi connectivity index (χ1v) is 9.42. The number of methoxy groups -OCH3 is 2. The summed E-state index contributed by atoms with van der Waals surface area (Å²) in [5, 5.41) is 0. The van der Waals surface area contributed by atoms with Crippen LogP contribution in [0.5, 0.6) is 11.5 Å². The van der Waals surface area contributed by atoms with Crippen molar-refractivity contribution in [3.05, 3.63) is 22.2 Å². The Hall–Kier alpha value is -0.220. The number of halogens is 2. The summed E-state index contributed by atoms with van der Waals surface area (Å²) in [5.74, 6) is 2.59. The summed E-state index contributed by atoms with van der Waals surface area (Å²) in [6.45, 7) is 0. The third-order valence-corrected chi connectivity index (χ3v) is 5.84. The van der Waals surface area contributed by atoms with Gasteiger partial charge in [0.2, 0.25) is 0 Å². The lowest BCUT2D eigenvalue weighted by molar-refractivity contribution is 0.388. The average Bonchev–Trinajstić information content (AvgIpc) is 2.75. The molecule has 0 radical (unpaired) electrons. The molecule has 1 aliphatic rings. The zero-order chi connectivity index (χ0) is 15.2. The Morgan fingerprint density at radius 3 is 2.24 bits per heavy atom. The van der Waals surface area contributed by atoms with Crippen LogP contribution in [0, 0.1) is 5.92 Å². The molecule has 1 atom stereocenters. The van der Waals surface area contributed by atoms with Gasteiger partial charge in [0, 0.05) is 10.4 Å². The van der Waals surface area contributed by atoms with Crippen molar-refractivity contribution in [1.82, 2.24) is 0 Å². The molecule has 0 amide bonds. The van der Waals surface area contributed by atoms with Crippen molar-refractivity contribution in [2.75, 3.05) is 14.2 Å². The van der Waals surface area contributed by atoms with E-state index in [0.29, 0.717) is 4.83 Å². The molecule has 0 bridgehead atoms. The Morgan fingerprint density at radius 2 is 1.67 bits per heavy atom. The molecule has 21 heavy (non-hydrogen) atoms. The minimum Gasteiger partial charge on any atom is -0.496 e. The summed E-state index contributed by atoms with van der Waals surface area (Å²) in [4.78, 5) is 0.317. The molecule has 0 aliphatic heterocycles. The minimum atomic E-state index is 0.317. The maximum Gasteiger partial charge on any atom is 0.133 e. The first-order chi connectivity index (χ1) is 10.2. The summed E-state index contributed by atoms with van der Waals surface area (Å²) in [5.41, 5.74) is 1.18. The number of ether oxygens (including phenoxy) is 2. The van der Waals surface area contributed by atoms with Crippen LogP contribution in [0.25, 0.3) is 0 Å². The summed E-state index contributed by atoms with van der Waals surface area (Å²) < 4.78 is 11.9. The number of hydrogen-bond acceptors (Lipinski definition) is 2. The first-order valence-electron chi connectivity index (χ1n) is 7.71. The first kappa shape index (κ1) is 17.1. The molecule has 1 aromatic rings. The van der Waals surface area contributed by atoms with Crippen molar-refractivity contribution < 1.29 is 9.47 Å². The molecule has 2 nitrogen and oxygen atoms in total. The summed E-state index contributed by atoms with van der Waals surface area (Å²) >= 11 is 7.40. The third kappa shape index (κ3) is 4.62. The van der Waals surface area contributed by atoms with Crippen LogP contribution in [-0.2, 0) is 0 Å². The zero-order valence-corrected chi connectivity index (χ0v) is 16.0. The normalized spacial score (nSPS) is 18.1. The molecule has 0 saturated heterocycles. The minimum absolute atomic E-state index is 0.317. The highest BCUT2D eigenvalue weighted by Crippen LogP contribution is 2.43. The SMILES string of the molecule is COc1cc(C(Br)CC2CCCCCC2)c(OC)cc1Br. The molecule has 0 heterocycles. The fourth-order valence-corrected chi connectivity index (χ4v) is 4.52. The second-order valence-corrected chi connectivity index (χ2v) is 7.75. The van der Waals surface area contributed by atoms with E-state index in [0.717, 1.165) is 21.9 Å². The van der Waals surface area contributed by atoms with Gasteiger partial charge in [0.25, 0.3) is 0 Å². The highest BCUT2D eigenvalue weighted by molar-refractivity contribution is 9.10. The van der Waals surface area contributed by atoms with Crippen LogP contribution in [0.4, 0.5) is 0 Å². The lowest BCUT2D eigenvalue weighted by Gasteiger charge is -2.21. The van der Waals surface area contributed by atoms with Gasteiger partial charge in [0.1, 0.15) is 11.5 Å². The van der Waals surface area contributed by atoms with E-state index in [1.54, 1.807) is 14.2 Å². The van der Waals surface area contributed by atoms with Gasteiger partial charge in [-0.3, -0.25) is 0 Å². The quantitative estimate of drug-likeness (QED) is 0.414. The van der Waals surface area contributed by atoms with E-state index < -0.39 is 0 Å². The maximum absolute atomic E-state index is 5.55. The number of alkyl halides is 1. The van der Waals surface area contributed by atoms with Gasteiger partial charge in [-0.05, 0) is 40.4 Å². The lowest BCUT2D eigenvalue weighted by atomic mass is 9.92. The molecule has 0 N–H and O–H groups in total. The van der Waals surface area contributed by atoms with E-state index in [4.69, 9.17) is 9.47 Å². The predicted molar refractivity (Wildman–Crippen MR) is 94.7 cm³/mol. The third-order valence-electron chi connectivity index (χ3n) is 4.36. The monoisotopic (exact) mass is 418 g/mol. The van der Waals surface area contributed by atoms with Crippen LogP contribution in [0.1, 0.15) is 55.3 Å². The predicted octanol–water partition coefficient (Wildman–Crippen LogP) is 6.26. The van der Waals surface area contributed by atoms with E-state index in [9.17, 15) is 0 Å². The smallest absolute Gasteiger partial charge is 0.133 e. The lowest BCUT2D eigenvalue weighted by Crippen LogP contribution is -2.05. The van der Waals surface area contributed by atoms with Crippen LogP contribution >= 0.6 is 31.9 Å². The Bertz CT molecular complexity index is 454. The second-order valence-electron chi connectivity index (χ2n) is 5.79. The molecule has 0 aromatic heterocycles. The van der Waals surface area contributed by atoms with Crippen molar-refractivity contribution in [2.45, 2.75) is 49.8 Å². The molecule has 118 valence electrons. The Balaban J connectivity index is 2.14. The van der Waals surface area contributed by atoms with E-state index in [1.807, 2.05) is 6.07 Å². The van der Waals surface area contributed by atoms with Gasteiger partial charge >= 0.3 is 0 Å². The van der Waals surface area contributed by atoms with Crippen molar-refractivity contribution in [3.63, 3.8) is 0 Å². The topological polar surface area (TPSA) is 18.5 Å². The van der Waals surface area contributed by atoms with Crippen molar-refractivity contribution in [3.8, 4) is 11.5 Å². The van der Waals surface area contributed by atoms with Gasteiger partial charge in [-0.25, -0.2) is 0 Å². The van der Waals surface area contributed by atoms with Crippen molar-refractivity contribution in [2.24, 2.45) is 5.92 Å². The van der Waals surface area contributed by atoms with Crippen LogP contribution < -0.4 is 9.47 Å². The van der Waals surface area contributed by atoms with Gasteiger partial charge in [-0.15, -0.1) is 0 Å². The number of rotatable bonds is 5. The summed E-state index contributed by atoms with van der Waals surface area (Å²) in [6.07, 6.45) is 9.45. The van der Waals surface area contributed by atoms with Crippen molar-refractivity contribution in [1.29, 1.82) is 0 Å². The molecule has 1 saturated carbocycles. The average molecular weight is 420 g/mol. The number of benzene rings is 1. The fraction of sp³-hybridized carbons (Fsp3) is 0.647. The van der Waals surface area contributed by atoms with E-state index in [-0.39, 0.29) is 0 Å². The number of hydrogen-bond donors (Lipinski definition) is 0. The highest BCUT2D eigenvalue weighted by Gasteiger charge is 2.21. The molecule has 2 rings (SSSR count). The van der Waals surface area contributed by atoms with Crippen molar-refractivity contribution >= 4 is 31.9 Å². The fourth-order valence-electron chi connectivity index (χ4n) is 3.15.